The number of hydrogen-bond donors (Lipinski definition) is 0. The van der Waals surface area contributed by atoms with Crippen molar-refractivity contribution in [2.75, 3.05) is 6.61 Å². The summed E-state index contributed by atoms with van der Waals surface area (Å²) in [6, 6.07) is 8.11. The largest absolute Gasteiger partial charge is 0.486 e. The second-order valence-corrected chi connectivity index (χ2v) is 2.81. The molecule has 1 rings (SSSR count). The van der Waals surface area contributed by atoms with E-state index in [1.807, 2.05) is 19.1 Å². The Morgan fingerprint density at radius 1 is 1.54 bits per heavy atom. The molecule has 0 aromatic heterocycles. The summed E-state index contributed by atoms with van der Waals surface area (Å²) < 4.78 is 5.38. The molecule has 0 aliphatic rings. The van der Waals surface area contributed by atoms with Crippen molar-refractivity contribution in [2.45, 2.75) is 13.8 Å². The summed E-state index contributed by atoms with van der Waals surface area (Å²) in [4.78, 5) is 0. The zero-order valence-corrected chi connectivity index (χ0v) is 8.13. The number of rotatable bonds is 3. The van der Waals surface area contributed by atoms with Crippen LogP contribution in [0.25, 0.3) is 5.76 Å². The Morgan fingerprint density at radius 2 is 2.31 bits per heavy atom. The van der Waals surface area contributed by atoms with E-state index in [9.17, 15) is 0 Å². The third-order valence-electron chi connectivity index (χ3n) is 1.73. The van der Waals surface area contributed by atoms with Crippen molar-refractivity contribution in [3.8, 4) is 0 Å². The Kier molecular flexibility index (Phi) is 3.36. The topological polar surface area (TPSA) is 9.23 Å². The predicted molar refractivity (Wildman–Crippen MR) is 55.4 cm³/mol. The minimum absolute atomic E-state index is 0.645. The van der Waals surface area contributed by atoms with Gasteiger partial charge < -0.3 is 4.74 Å². The molecule has 1 aromatic carbocycles. The van der Waals surface area contributed by atoms with Crippen LogP contribution in [-0.4, -0.2) is 6.61 Å². The minimum Gasteiger partial charge on any atom is -0.486 e. The fourth-order valence-electron chi connectivity index (χ4n) is 1.17. The van der Waals surface area contributed by atoms with Crippen molar-refractivity contribution >= 4 is 5.76 Å². The van der Waals surface area contributed by atoms with E-state index >= 15 is 0 Å². The van der Waals surface area contributed by atoms with Crippen molar-refractivity contribution in [3.05, 3.63) is 47.7 Å². The minimum atomic E-state index is 0.645. The van der Waals surface area contributed by atoms with Gasteiger partial charge in [-0.2, -0.15) is 0 Å². The molecule has 0 spiro atoms. The lowest BCUT2D eigenvalue weighted by molar-refractivity contribution is 0.298. The van der Waals surface area contributed by atoms with Gasteiger partial charge in [-0.05, 0) is 19.9 Å². The van der Waals surface area contributed by atoms with Crippen LogP contribution in [0.3, 0.4) is 0 Å². The summed E-state index contributed by atoms with van der Waals surface area (Å²) in [5.74, 6) is 0.728. The highest BCUT2D eigenvalue weighted by molar-refractivity contribution is 5.59. The molecule has 1 nitrogen and oxygen atoms in total. The summed E-state index contributed by atoms with van der Waals surface area (Å²) >= 11 is 0. The van der Waals surface area contributed by atoms with E-state index < -0.39 is 0 Å². The van der Waals surface area contributed by atoms with Crippen LogP contribution in [-0.2, 0) is 4.74 Å². The van der Waals surface area contributed by atoms with Gasteiger partial charge in [0.1, 0.15) is 0 Å². The first-order valence-electron chi connectivity index (χ1n) is 4.37. The van der Waals surface area contributed by atoms with E-state index in [0.29, 0.717) is 6.61 Å². The highest BCUT2D eigenvalue weighted by Gasteiger charge is 1.99. The fraction of sp³-hybridized carbons (Fsp3) is 0.250. The molecule has 0 saturated heterocycles. The van der Waals surface area contributed by atoms with Crippen LogP contribution in [0.1, 0.15) is 18.1 Å². The SMILES string of the molecule is C=C=C(OCC)c1cccc(C)c1. The monoisotopic (exact) mass is 174 g/mol. The molecule has 1 heteroatoms. The van der Waals surface area contributed by atoms with Gasteiger partial charge >= 0.3 is 0 Å². The highest BCUT2D eigenvalue weighted by Crippen LogP contribution is 2.15. The zero-order valence-electron chi connectivity index (χ0n) is 8.13. The summed E-state index contributed by atoms with van der Waals surface area (Å²) in [6.45, 7) is 8.25. The first-order chi connectivity index (χ1) is 6.27. The maximum Gasteiger partial charge on any atom is 0.168 e. The average Bonchev–Trinajstić information content (AvgIpc) is 2.14. The van der Waals surface area contributed by atoms with Gasteiger partial charge in [-0.3, -0.25) is 0 Å². The standard InChI is InChI=1S/C12H14O/c1-4-12(13-5-2)11-8-6-7-10(3)9-11/h6-9H,1,5H2,2-3H3. The highest BCUT2D eigenvalue weighted by atomic mass is 16.5. The lowest BCUT2D eigenvalue weighted by Gasteiger charge is -2.06. The van der Waals surface area contributed by atoms with Gasteiger partial charge in [0, 0.05) is 5.56 Å². The van der Waals surface area contributed by atoms with Gasteiger partial charge in [0.15, 0.2) is 5.76 Å². The Bertz CT molecular complexity index is 333. The molecule has 1 aromatic rings. The van der Waals surface area contributed by atoms with Crippen LogP contribution >= 0.6 is 0 Å². The second-order valence-electron chi connectivity index (χ2n) is 2.81. The van der Waals surface area contributed by atoms with Crippen LogP contribution in [0.2, 0.25) is 0 Å². The molecule has 0 bridgehead atoms. The number of aryl methyl sites for hydroxylation is 1. The first kappa shape index (κ1) is 9.63. The Labute approximate surface area is 79.4 Å². The maximum absolute atomic E-state index is 5.38. The van der Waals surface area contributed by atoms with Crippen molar-refractivity contribution in [3.63, 3.8) is 0 Å². The molecular formula is C12H14O. The van der Waals surface area contributed by atoms with Gasteiger partial charge in [-0.25, -0.2) is 0 Å². The summed E-state index contributed by atoms with van der Waals surface area (Å²) in [5.41, 5.74) is 5.04. The van der Waals surface area contributed by atoms with E-state index in [1.54, 1.807) is 0 Å². The first-order valence-corrected chi connectivity index (χ1v) is 4.37. The van der Waals surface area contributed by atoms with Gasteiger partial charge in [0.05, 0.1) is 6.61 Å². The van der Waals surface area contributed by atoms with Crippen molar-refractivity contribution in [2.24, 2.45) is 0 Å². The molecule has 0 heterocycles. The fourth-order valence-corrected chi connectivity index (χ4v) is 1.17. The van der Waals surface area contributed by atoms with Crippen LogP contribution in [0.4, 0.5) is 0 Å². The normalized spacial score (nSPS) is 9.08. The van der Waals surface area contributed by atoms with Gasteiger partial charge in [0.2, 0.25) is 0 Å². The predicted octanol–water partition coefficient (Wildman–Crippen LogP) is 3.16. The molecule has 0 fully saturated rings. The molecule has 0 N–H and O–H groups in total. The molecule has 0 saturated carbocycles. The summed E-state index contributed by atoms with van der Waals surface area (Å²) in [7, 11) is 0. The maximum atomic E-state index is 5.38. The summed E-state index contributed by atoms with van der Waals surface area (Å²) in [5, 5.41) is 0. The van der Waals surface area contributed by atoms with E-state index in [1.165, 1.54) is 5.56 Å². The van der Waals surface area contributed by atoms with Crippen LogP contribution in [0.5, 0.6) is 0 Å². The van der Waals surface area contributed by atoms with Crippen LogP contribution < -0.4 is 0 Å². The third-order valence-corrected chi connectivity index (χ3v) is 1.73. The van der Waals surface area contributed by atoms with E-state index in [4.69, 9.17) is 4.74 Å². The van der Waals surface area contributed by atoms with Crippen molar-refractivity contribution in [1.29, 1.82) is 0 Å². The van der Waals surface area contributed by atoms with E-state index in [0.717, 1.165) is 11.3 Å². The van der Waals surface area contributed by atoms with Crippen LogP contribution in [0.15, 0.2) is 36.6 Å². The molecule has 68 valence electrons. The molecule has 0 atom stereocenters. The quantitative estimate of drug-likeness (QED) is 0.505. The number of ether oxygens (including phenoxy) is 1. The van der Waals surface area contributed by atoms with Crippen molar-refractivity contribution < 1.29 is 4.74 Å². The van der Waals surface area contributed by atoms with E-state index in [-0.39, 0.29) is 0 Å². The average molecular weight is 174 g/mol. The van der Waals surface area contributed by atoms with Gasteiger partial charge in [0.25, 0.3) is 0 Å². The molecule has 13 heavy (non-hydrogen) atoms. The van der Waals surface area contributed by atoms with Gasteiger partial charge in [-0.15, -0.1) is 0 Å². The molecule has 0 amide bonds. The van der Waals surface area contributed by atoms with Gasteiger partial charge in [-0.1, -0.05) is 36.1 Å². The second kappa shape index (κ2) is 4.54. The lowest BCUT2D eigenvalue weighted by atomic mass is 10.1. The molecule has 0 aliphatic carbocycles. The smallest absolute Gasteiger partial charge is 0.168 e. The molecule has 0 unspecified atom stereocenters. The summed E-state index contributed by atoms with van der Waals surface area (Å²) in [6.07, 6.45) is 0. The molecule has 0 radical (unpaired) electrons. The number of hydrogen-bond acceptors (Lipinski definition) is 1. The number of benzene rings is 1. The van der Waals surface area contributed by atoms with Crippen LogP contribution in [0, 0.1) is 6.92 Å². The van der Waals surface area contributed by atoms with E-state index in [2.05, 4.69) is 31.4 Å². The Balaban J connectivity index is 2.99. The third kappa shape index (κ3) is 2.50. The van der Waals surface area contributed by atoms with Crippen molar-refractivity contribution in [1.82, 2.24) is 0 Å². The Morgan fingerprint density at radius 3 is 2.85 bits per heavy atom. The lowest BCUT2D eigenvalue weighted by Crippen LogP contribution is -1.90. The zero-order chi connectivity index (χ0) is 9.68. The molecular weight excluding hydrogens is 160 g/mol. The Hall–Kier alpha value is -1.46. The molecule has 0 aliphatic heterocycles.